The van der Waals surface area contributed by atoms with Gasteiger partial charge in [0.1, 0.15) is 4.75 Å². The maximum atomic E-state index is 13.2. The van der Waals surface area contributed by atoms with E-state index < -0.39 is 39.8 Å². The standard InChI is InChI=1S/C14H18F5NOS/c1-9(20-22(21)12(2,3)4)10-5-7-11(8-6-10)13(15,16)14(17,18)19/h5-9,20H,1-4H3/t9-,22?/m0/s1. The van der Waals surface area contributed by atoms with E-state index in [9.17, 15) is 26.5 Å². The van der Waals surface area contributed by atoms with Crippen molar-refractivity contribution < 1.29 is 26.5 Å². The lowest BCUT2D eigenvalue weighted by atomic mass is 10.0. The van der Waals surface area contributed by atoms with Crippen LogP contribution in [0, 0.1) is 0 Å². The number of hydrogen-bond acceptors (Lipinski definition) is 2. The van der Waals surface area contributed by atoms with Crippen LogP contribution in [0.1, 0.15) is 44.9 Å². The minimum Gasteiger partial charge on any atom is -0.598 e. The van der Waals surface area contributed by atoms with Gasteiger partial charge in [0.25, 0.3) is 0 Å². The molecule has 0 fully saturated rings. The molecule has 0 amide bonds. The number of benzene rings is 1. The molecule has 8 heteroatoms. The van der Waals surface area contributed by atoms with Gasteiger partial charge in [-0.15, -0.1) is 4.72 Å². The Kier molecular flexibility index (Phi) is 5.52. The molecule has 0 radical (unpaired) electrons. The average Bonchev–Trinajstić information content (AvgIpc) is 2.36. The van der Waals surface area contributed by atoms with Gasteiger partial charge in [0.15, 0.2) is 0 Å². The van der Waals surface area contributed by atoms with E-state index in [1.54, 1.807) is 27.7 Å². The molecule has 0 aliphatic rings. The van der Waals surface area contributed by atoms with E-state index in [0.717, 1.165) is 12.1 Å². The van der Waals surface area contributed by atoms with E-state index in [-0.39, 0.29) is 0 Å². The summed E-state index contributed by atoms with van der Waals surface area (Å²) in [7, 11) is 0. The van der Waals surface area contributed by atoms with Gasteiger partial charge in [0.2, 0.25) is 0 Å². The first-order chi connectivity index (χ1) is 9.76. The van der Waals surface area contributed by atoms with E-state index in [4.69, 9.17) is 0 Å². The van der Waals surface area contributed by atoms with Crippen LogP contribution in [0.2, 0.25) is 0 Å². The van der Waals surface area contributed by atoms with E-state index in [2.05, 4.69) is 4.72 Å². The van der Waals surface area contributed by atoms with Gasteiger partial charge in [0.05, 0.1) is 6.04 Å². The van der Waals surface area contributed by atoms with Crippen LogP contribution in [0.5, 0.6) is 0 Å². The van der Waals surface area contributed by atoms with Crippen molar-refractivity contribution in [2.45, 2.75) is 50.6 Å². The Bertz CT molecular complexity index is 495. The Morgan fingerprint density at radius 3 is 1.82 bits per heavy atom. The van der Waals surface area contributed by atoms with Crippen molar-refractivity contribution in [3.8, 4) is 0 Å². The van der Waals surface area contributed by atoms with Crippen LogP contribution < -0.4 is 4.72 Å². The minimum absolute atomic E-state index is 0.450. The van der Waals surface area contributed by atoms with Crippen LogP contribution in [0.3, 0.4) is 0 Å². The summed E-state index contributed by atoms with van der Waals surface area (Å²) < 4.78 is 77.4. The molecule has 0 saturated carbocycles. The number of nitrogens with one attached hydrogen (secondary N) is 1. The molecule has 0 heterocycles. The fourth-order valence-electron chi connectivity index (χ4n) is 1.55. The van der Waals surface area contributed by atoms with Crippen LogP contribution in [-0.4, -0.2) is 15.5 Å². The molecule has 1 N–H and O–H groups in total. The summed E-state index contributed by atoms with van der Waals surface area (Å²) >= 11 is -1.38. The van der Waals surface area contributed by atoms with Crippen molar-refractivity contribution in [3.05, 3.63) is 35.4 Å². The summed E-state index contributed by atoms with van der Waals surface area (Å²) in [5.41, 5.74) is -0.646. The van der Waals surface area contributed by atoms with Crippen LogP contribution in [0.4, 0.5) is 22.0 Å². The molecule has 1 aromatic rings. The average molecular weight is 343 g/mol. The molecule has 22 heavy (non-hydrogen) atoms. The molecule has 0 spiro atoms. The fraction of sp³-hybridized carbons (Fsp3) is 0.571. The second-order valence-electron chi connectivity index (χ2n) is 5.91. The van der Waals surface area contributed by atoms with Crippen molar-refractivity contribution in [1.29, 1.82) is 0 Å². The zero-order chi connectivity index (χ0) is 17.3. The van der Waals surface area contributed by atoms with E-state index in [1.807, 2.05) is 0 Å². The summed E-state index contributed by atoms with van der Waals surface area (Å²) in [6, 6.07) is 3.37. The molecule has 0 aromatic heterocycles. The molecule has 0 bridgehead atoms. The first kappa shape index (κ1) is 19.2. The first-order valence-corrected chi connectivity index (χ1v) is 7.65. The topological polar surface area (TPSA) is 35.1 Å². The highest BCUT2D eigenvalue weighted by atomic mass is 32.2. The smallest absolute Gasteiger partial charge is 0.458 e. The molecule has 2 atom stereocenters. The number of hydrogen-bond donors (Lipinski definition) is 1. The Morgan fingerprint density at radius 2 is 1.45 bits per heavy atom. The predicted molar refractivity (Wildman–Crippen MR) is 75.8 cm³/mol. The van der Waals surface area contributed by atoms with Gasteiger partial charge in [-0.1, -0.05) is 24.3 Å². The lowest BCUT2D eigenvalue weighted by Gasteiger charge is -2.27. The highest BCUT2D eigenvalue weighted by Crippen LogP contribution is 2.43. The van der Waals surface area contributed by atoms with Gasteiger partial charge in [0, 0.05) is 16.9 Å². The van der Waals surface area contributed by atoms with Crippen molar-refractivity contribution in [1.82, 2.24) is 4.72 Å². The highest BCUT2D eigenvalue weighted by molar-refractivity contribution is 7.90. The number of rotatable bonds is 4. The Hall–Kier alpha value is -0.860. The van der Waals surface area contributed by atoms with Crippen LogP contribution in [0.15, 0.2) is 24.3 Å². The van der Waals surface area contributed by atoms with Gasteiger partial charge < -0.3 is 4.55 Å². The zero-order valence-corrected chi connectivity index (χ0v) is 13.4. The van der Waals surface area contributed by atoms with E-state index >= 15 is 0 Å². The predicted octanol–water partition coefficient (Wildman–Crippen LogP) is 4.45. The quantitative estimate of drug-likeness (QED) is 0.647. The second-order valence-corrected chi connectivity index (χ2v) is 7.91. The molecule has 0 saturated heterocycles. The molecular weight excluding hydrogens is 325 g/mol. The summed E-state index contributed by atoms with van der Waals surface area (Å²) in [5.74, 6) is -4.89. The fourth-order valence-corrected chi connectivity index (χ4v) is 2.36. The molecule has 1 unspecified atom stereocenters. The van der Waals surface area contributed by atoms with Gasteiger partial charge in [-0.2, -0.15) is 22.0 Å². The number of halogens is 5. The van der Waals surface area contributed by atoms with Gasteiger partial charge in [-0.25, -0.2) is 0 Å². The lowest BCUT2D eigenvalue weighted by molar-refractivity contribution is -0.289. The van der Waals surface area contributed by atoms with Crippen LogP contribution in [0.25, 0.3) is 0 Å². The van der Waals surface area contributed by atoms with E-state index in [0.29, 0.717) is 5.56 Å². The maximum Gasteiger partial charge on any atom is 0.458 e. The lowest BCUT2D eigenvalue weighted by Crippen LogP contribution is -2.40. The van der Waals surface area contributed by atoms with Crippen LogP contribution in [-0.2, 0) is 17.3 Å². The maximum absolute atomic E-state index is 13.2. The van der Waals surface area contributed by atoms with Crippen molar-refractivity contribution >= 4 is 11.4 Å². The van der Waals surface area contributed by atoms with Crippen LogP contribution >= 0.6 is 0 Å². The van der Waals surface area contributed by atoms with Crippen molar-refractivity contribution in [3.63, 3.8) is 0 Å². The molecule has 1 aromatic carbocycles. The van der Waals surface area contributed by atoms with Gasteiger partial charge in [-0.3, -0.25) is 0 Å². The largest absolute Gasteiger partial charge is 0.598 e. The SMILES string of the molecule is C[C@H](N[S+]([O-])C(C)(C)C)c1ccc(C(F)(F)C(F)(F)F)cc1. The third-order valence-electron chi connectivity index (χ3n) is 2.97. The summed E-state index contributed by atoms with van der Waals surface area (Å²) in [4.78, 5) is 0. The molecule has 1 rings (SSSR count). The molecule has 126 valence electrons. The minimum atomic E-state index is -5.63. The summed E-state index contributed by atoms with van der Waals surface area (Å²) in [6.45, 7) is 6.93. The highest BCUT2D eigenvalue weighted by Gasteiger charge is 2.58. The normalized spacial score (nSPS) is 16.5. The Labute approximate surface area is 129 Å². The van der Waals surface area contributed by atoms with Gasteiger partial charge >= 0.3 is 12.1 Å². The zero-order valence-electron chi connectivity index (χ0n) is 12.6. The molecular formula is C14H18F5NOS. The van der Waals surface area contributed by atoms with E-state index in [1.165, 1.54) is 12.1 Å². The Balaban J connectivity index is 2.90. The molecule has 0 aliphatic heterocycles. The number of alkyl halides is 5. The summed E-state index contributed by atoms with van der Waals surface area (Å²) in [5, 5.41) is 0. The monoisotopic (exact) mass is 343 g/mol. The third-order valence-corrected chi connectivity index (χ3v) is 4.65. The van der Waals surface area contributed by atoms with Crippen molar-refractivity contribution in [2.75, 3.05) is 0 Å². The third kappa shape index (κ3) is 4.33. The molecule has 0 aliphatic carbocycles. The van der Waals surface area contributed by atoms with Crippen molar-refractivity contribution in [2.24, 2.45) is 0 Å². The second kappa shape index (κ2) is 6.33. The summed E-state index contributed by atoms with van der Waals surface area (Å²) in [6.07, 6.45) is -5.63. The van der Waals surface area contributed by atoms with Gasteiger partial charge in [-0.05, 0) is 33.3 Å². The first-order valence-electron chi connectivity index (χ1n) is 6.50. The Morgan fingerprint density at radius 1 is 1.00 bits per heavy atom. The molecule has 2 nitrogen and oxygen atoms in total.